The summed E-state index contributed by atoms with van der Waals surface area (Å²) in [6.45, 7) is -0.602. The number of nitrogen functional groups attached to an aromatic ring is 1. The lowest BCUT2D eigenvalue weighted by molar-refractivity contribution is -0.155. The van der Waals surface area contributed by atoms with Crippen molar-refractivity contribution in [1.82, 2.24) is 19.7 Å². The normalized spacial score (nSPS) is 24.8. The summed E-state index contributed by atoms with van der Waals surface area (Å²) < 4.78 is 39.0. The fourth-order valence-corrected chi connectivity index (χ4v) is 6.89. The number of nitriles is 1. The molecule has 1 aliphatic heterocycles. The number of aromatic nitrogens is 3. The molecule has 14 nitrogen and oxygen atoms in total. The van der Waals surface area contributed by atoms with Gasteiger partial charge in [0.2, 0.25) is 5.60 Å². The average Bonchev–Trinajstić information content (AvgIpc) is 3.59. The lowest BCUT2D eigenvalue weighted by atomic mass is 9.92. The molecule has 1 aliphatic carbocycles. The van der Waals surface area contributed by atoms with Gasteiger partial charge in [-0.2, -0.15) is 15.4 Å². The molecule has 3 heterocycles. The molecule has 2 aromatic heterocycles. The van der Waals surface area contributed by atoms with E-state index in [2.05, 4.69) is 15.2 Å². The standard InChI is InChI=1S/C31H33N6O8P/c32-18-31(26-15-14-24-29(33)34-19-35-37(24)26)28(39)27(38)25(44-31)17-42-46(41,45-22-10-5-2-6-11-22)36-23(16-20-8-3-1-4-9-20)30(40)43-21-12-7-13-21/h1-6,8-11,14-15,19,21,23,25,27-28,38-39H,7,12-13,16-17H2,(H,36,41)(H2,33,34,35)/t23-,25+,27+,28+,31-,46?/m0/s1. The molecular weight excluding hydrogens is 615 g/mol. The number of esters is 1. The number of ether oxygens (including phenoxy) is 2. The van der Waals surface area contributed by atoms with Gasteiger partial charge in [-0.15, -0.1) is 0 Å². The van der Waals surface area contributed by atoms with Gasteiger partial charge in [0.25, 0.3) is 0 Å². The summed E-state index contributed by atoms with van der Waals surface area (Å²) in [6, 6.07) is 21.2. The highest BCUT2D eigenvalue weighted by atomic mass is 31.2. The third-order valence-corrected chi connectivity index (χ3v) is 9.65. The van der Waals surface area contributed by atoms with Crippen LogP contribution >= 0.6 is 7.75 Å². The van der Waals surface area contributed by atoms with E-state index in [9.17, 15) is 24.8 Å². The second-order valence-electron chi connectivity index (χ2n) is 11.2. The average molecular weight is 649 g/mol. The molecule has 5 N–H and O–H groups in total. The van der Waals surface area contributed by atoms with Gasteiger partial charge in [0.15, 0.2) is 5.82 Å². The van der Waals surface area contributed by atoms with Crippen molar-refractivity contribution in [2.24, 2.45) is 0 Å². The molecular formula is C31H33N6O8P. The number of benzene rings is 2. The number of hydrogen-bond donors (Lipinski definition) is 4. The summed E-state index contributed by atoms with van der Waals surface area (Å²) in [6.07, 6.45) is -1.26. The number of carbonyl (C=O) groups excluding carboxylic acids is 1. The van der Waals surface area contributed by atoms with E-state index in [0.29, 0.717) is 5.52 Å². The Morgan fingerprint density at radius 1 is 1.15 bits per heavy atom. The SMILES string of the molecule is N#C[C@@]1(c2ccc3c(N)ncnn23)O[C@H](COP(=O)(N[C@@H](Cc2ccccc2)C(=O)OC2CCC2)Oc2ccccc2)[C@@H](O)[C@H]1O. The molecule has 0 bridgehead atoms. The molecule has 240 valence electrons. The van der Waals surface area contributed by atoms with E-state index in [1.165, 1.54) is 16.9 Å². The Morgan fingerprint density at radius 3 is 2.54 bits per heavy atom. The molecule has 15 heteroatoms. The highest BCUT2D eigenvalue weighted by Gasteiger charge is 2.58. The maximum atomic E-state index is 14.4. The molecule has 0 radical (unpaired) electrons. The highest BCUT2D eigenvalue weighted by Crippen LogP contribution is 2.47. The van der Waals surface area contributed by atoms with Crippen LogP contribution in [0, 0.1) is 11.3 Å². The van der Waals surface area contributed by atoms with Crippen LogP contribution in [0.15, 0.2) is 79.1 Å². The summed E-state index contributed by atoms with van der Waals surface area (Å²) >= 11 is 0. The number of aliphatic hydroxyl groups excluding tert-OH is 2. The maximum absolute atomic E-state index is 14.4. The topological polar surface area (TPSA) is 204 Å². The van der Waals surface area contributed by atoms with Gasteiger partial charge in [0.05, 0.1) is 12.3 Å². The van der Waals surface area contributed by atoms with E-state index in [-0.39, 0.29) is 29.8 Å². The zero-order chi connectivity index (χ0) is 32.3. The second-order valence-corrected chi connectivity index (χ2v) is 12.9. The van der Waals surface area contributed by atoms with Crippen LogP contribution in [0.4, 0.5) is 5.82 Å². The highest BCUT2D eigenvalue weighted by molar-refractivity contribution is 7.52. The van der Waals surface area contributed by atoms with Crippen molar-refractivity contribution in [2.75, 3.05) is 12.3 Å². The van der Waals surface area contributed by atoms with Gasteiger partial charge < -0.3 is 29.9 Å². The fourth-order valence-electron chi connectivity index (χ4n) is 5.39. The van der Waals surface area contributed by atoms with Gasteiger partial charge in [-0.3, -0.25) is 9.32 Å². The van der Waals surface area contributed by atoms with Crippen molar-refractivity contribution in [1.29, 1.82) is 5.26 Å². The van der Waals surface area contributed by atoms with E-state index in [1.807, 2.05) is 36.4 Å². The Hall–Kier alpha value is -4.35. The van der Waals surface area contributed by atoms with Crippen LogP contribution in [0.1, 0.15) is 30.5 Å². The number of nitrogens with zero attached hydrogens (tertiary/aromatic N) is 4. The predicted molar refractivity (Wildman–Crippen MR) is 163 cm³/mol. The van der Waals surface area contributed by atoms with Crippen molar-refractivity contribution in [3.05, 3.63) is 90.4 Å². The number of aliphatic hydroxyl groups is 2. The first-order chi connectivity index (χ1) is 22.2. The molecule has 2 aromatic carbocycles. The van der Waals surface area contributed by atoms with Crippen LogP contribution in [0.2, 0.25) is 0 Å². The smallest absolute Gasteiger partial charge is 0.459 e. The minimum atomic E-state index is -4.43. The lowest BCUT2D eigenvalue weighted by Gasteiger charge is -2.30. The third-order valence-electron chi connectivity index (χ3n) is 8.08. The first-order valence-corrected chi connectivity index (χ1v) is 16.3. The fraction of sp³-hybridized carbons (Fsp3) is 0.355. The molecule has 6 atom stereocenters. The number of para-hydroxylation sites is 1. The number of rotatable bonds is 12. The Labute approximate surface area is 264 Å². The van der Waals surface area contributed by atoms with Crippen molar-refractivity contribution >= 4 is 25.1 Å². The number of fused-ring (bicyclic) bond motifs is 1. The van der Waals surface area contributed by atoms with E-state index in [0.717, 1.165) is 24.8 Å². The summed E-state index contributed by atoms with van der Waals surface area (Å²) in [4.78, 5) is 17.3. The molecule has 1 saturated heterocycles. The van der Waals surface area contributed by atoms with Crippen LogP contribution in [-0.2, 0) is 35.4 Å². The van der Waals surface area contributed by atoms with E-state index in [1.54, 1.807) is 36.4 Å². The molecule has 6 rings (SSSR count). The van der Waals surface area contributed by atoms with Crippen molar-refractivity contribution in [2.45, 2.75) is 61.7 Å². The number of anilines is 1. The molecule has 2 fully saturated rings. The largest absolute Gasteiger partial charge is 0.461 e. The third kappa shape index (κ3) is 6.34. The lowest BCUT2D eigenvalue weighted by Crippen LogP contribution is -2.42. The molecule has 46 heavy (non-hydrogen) atoms. The summed E-state index contributed by atoms with van der Waals surface area (Å²) in [5, 5.41) is 39.3. The minimum absolute atomic E-state index is 0.0941. The van der Waals surface area contributed by atoms with Crippen molar-refractivity contribution in [3.63, 3.8) is 0 Å². The number of nitrogens with two attached hydrogens (primary N) is 1. The first-order valence-electron chi connectivity index (χ1n) is 14.8. The van der Waals surface area contributed by atoms with Crippen molar-refractivity contribution in [3.8, 4) is 11.8 Å². The molecule has 1 unspecified atom stereocenters. The van der Waals surface area contributed by atoms with Gasteiger partial charge in [-0.1, -0.05) is 48.5 Å². The Bertz CT molecular complexity index is 1770. The molecule has 0 spiro atoms. The van der Waals surface area contributed by atoms with Crippen LogP contribution in [0.5, 0.6) is 5.75 Å². The second kappa shape index (κ2) is 13.2. The predicted octanol–water partition coefficient (Wildman–Crippen LogP) is 2.65. The van der Waals surface area contributed by atoms with Gasteiger partial charge in [-0.05, 0) is 55.5 Å². The molecule has 1 saturated carbocycles. The molecule has 2 aliphatic rings. The molecule has 0 amide bonds. The minimum Gasteiger partial charge on any atom is -0.461 e. The molecule has 4 aromatic rings. The number of hydrogen-bond acceptors (Lipinski definition) is 12. The first kappa shape index (κ1) is 31.6. The zero-order valence-corrected chi connectivity index (χ0v) is 25.5. The Balaban J connectivity index is 1.26. The van der Waals surface area contributed by atoms with Crippen molar-refractivity contribution < 1.29 is 38.1 Å². The van der Waals surface area contributed by atoms with Gasteiger partial charge in [0, 0.05) is 0 Å². The monoisotopic (exact) mass is 648 g/mol. The van der Waals surface area contributed by atoms with Crippen LogP contribution in [0.3, 0.4) is 0 Å². The summed E-state index contributed by atoms with van der Waals surface area (Å²) in [5.41, 5.74) is 5.07. The van der Waals surface area contributed by atoms with Crippen LogP contribution in [-0.4, -0.2) is 67.8 Å². The van der Waals surface area contributed by atoms with Crippen LogP contribution in [0.25, 0.3) is 5.52 Å². The van der Waals surface area contributed by atoms with Gasteiger partial charge in [0.1, 0.15) is 54.1 Å². The van der Waals surface area contributed by atoms with Crippen LogP contribution < -0.4 is 15.3 Å². The summed E-state index contributed by atoms with van der Waals surface area (Å²) in [7, 11) is -4.43. The number of nitrogens with one attached hydrogen (secondary N) is 1. The van der Waals surface area contributed by atoms with Gasteiger partial charge >= 0.3 is 13.7 Å². The van der Waals surface area contributed by atoms with E-state index >= 15 is 0 Å². The maximum Gasteiger partial charge on any atom is 0.459 e. The Morgan fingerprint density at radius 2 is 1.87 bits per heavy atom. The van der Waals surface area contributed by atoms with Gasteiger partial charge in [-0.25, -0.2) is 14.1 Å². The van der Waals surface area contributed by atoms with E-state index in [4.69, 9.17) is 24.3 Å². The van der Waals surface area contributed by atoms with E-state index < -0.39 is 50.3 Å². The Kier molecular flexibility index (Phi) is 9.06. The quantitative estimate of drug-likeness (QED) is 0.129. The summed E-state index contributed by atoms with van der Waals surface area (Å²) in [5.74, 6) is -0.305. The zero-order valence-electron chi connectivity index (χ0n) is 24.6. The number of carbonyl (C=O) groups is 1.